The van der Waals surface area contributed by atoms with Gasteiger partial charge in [0.25, 0.3) is 0 Å². The molecule has 166 valence electrons. The van der Waals surface area contributed by atoms with E-state index in [1.807, 2.05) is 0 Å². The van der Waals surface area contributed by atoms with Crippen LogP contribution in [0.2, 0.25) is 0 Å². The van der Waals surface area contributed by atoms with Crippen LogP contribution in [0.25, 0.3) is 0 Å². The standard InChI is InChI=1S/C22H36N6OS/c1-16-12-17(2)15-28(14-16)20-13-19(27-8-10-29-11-9-27)24-21(25-20)26-22(30)23-18-6-4-3-5-7-18/h13,16-18H,3-12,14-15H2,1-2H3,(H2,23,24,25,26,30). The van der Waals surface area contributed by atoms with Crippen molar-refractivity contribution < 1.29 is 4.74 Å². The lowest BCUT2D eigenvalue weighted by molar-refractivity contribution is 0.122. The Labute approximate surface area is 186 Å². The molecule has 0 spiro atoms. The molecule has 2 saturated heterocycles. The van der Waals surface area contributed by atoms with Crippen LogP contribution in [0.1, 0.15) is 52.4 Å². The number of piperidine rings is 1. The molecule has 2 aliphatic heterocycles. The van der Waals surface area contributed by atoms with E-state index in [2.05, 4.69) is 40.3 Å². The van der Waals surface area contributed by atoms with Gasteiger partial charge >= 0.3 is 0 Å². The highest BCUT2D eigenvalue weighted by Gasteiger charge is 2.25. The molecule has 30 heavy (non-hydrogen) atoms. The van der Waals surface area contributed by atoms with E-state index in [-0.39, 0.29) is 0 Å². The number of hydrogen-bond acceptors (Lipinski definition) is 6. The number of ether oxygens (including phenoxy) is 1. The van der Waals surface area contributed by atoms with Crippen molar-refractivity contribution in [3.8, 4) is 0 Å². The van der Waals surface area contributed by atoms with Crippen LogP contribution in [0.15, 0.2) is 6.07 Å². The molecule has 1 aromatic rings. The van der Waals surface area contributed by atoms with Gasteiger partial charge in [-0.25, -0.2) is 0 Å². The van der Waals surface area contributed by atoms with Gasteiger partial charge in [0.2, 0.25) is 5.95 Å². The Morgan fingerprint density at radius 2 is 1.63 bits per heavy atom. The summed E-state index contributed by atoms with van der Waals surface area (Å²) in [6, 6.07) is 2.60. The van der Waals surface area contributed by atoms with E-state index in [0.717, 1.165) is 51.0 Å². The number of aromatic nitrogens is 2. The number of thiocarbonyl (C=S) groups is 1. The third kappa shape index (κ3) is 5.72. The molecule has 0 bridgehead atoms. The molecule has 3 aliphatic rings. The summed E-state index contributed by atoms with van der Waals surface area (Å²) >= 11 is 5.60. The zero-order chi connectivity index (χ0) is 20.9. The summed E-state index contributed by atoms with van der Waals surface area (Å²) in [5.41, 5.74) is 0. The number of rotatable bonds is 4. The Balaban J connectivity index is 1.52. The van der Waals surface area contributed by atoms with Gasteiger partial charge < -0.3 is 25.2 Å². The molecular formula is C22H36N6OS. The summed E-state index contributed by atoms with van der Waals surface area (Å²) < 4.78 is 5.53. The Bertz CT molecular complexity index is 710. The topological polar surface area (TPSA) is 65.6 Å². The lowest BCUT2D eigenvalue weighted by Gasteiger charge is -2.36. The molecule has 3 fully saturated rings. The van der Waals surface area contributed by atoms with Crippen molar-refractivity contribution in [2.24, 2.45) is 11.8 Å². The highest BCUT2D eigenvalue weighted by molar-refractivity contribution is 7.80. The zero-order valence-electron chi connectivity index (χ0n) is 18.4. The van der Waals surface area contributed by atoms with E-state index in [4.69, 9.17) is 26.9 Å². The Morgan fingerprint density at radius 3 is 2.30 bits per heavy atom. The summed E-state index contributed by atoms with van der Waals surface area (Å²) in [5.74, 6) is 3.88. The second-order valence-corrected chi connectivity index (χ2v) is 9.70. The van der Waals surface area contributed by atoms with Crippen LogP contribution in [0.5, 0.6) is 0 Å². The van der Waals surface area contributed by atoms with E-state index in [1.165, 1.54) is 38.5 Å². The first-order valence-corrected chi connectivity index (χ1v) is 12.0. The number of morpholine rings is 1. The molecule has 1 aliphatic carbocycles. The number of hydrogen-bond donors (Lipinski definition) is 2. The number of nitrogens with one attached hydrogen (secondary N) is 2. The van der Waals surface area contributed by atoms with Crippen molar-refractivity contribution in [1.29, 1.82) is 0 Å². The molecule has 4 rings (SSSR count). The summed E-state index contributed by atoms with van der Waals surface area (Å²) in [6.45, 7) is 9.91. The molecular weight excluding hydrogens is 396 g/mol. The molecule has 0 amide bonds. The van der Waals surface area contributed by atoms with Gasteiger partial charge in [0, 0.05) is 38.3 Å². The normalized spacial score (nSPS) is 25.8. The molecule has 2 atom stereocenters. The van der Waals surface area contributed by atoms with Crippen molar-refractivity contribution >= 4 is 34.9 Å². The third-order valence-corrected chi connectivity index (χ3v) is 6.61. The second-order valence-electron chi connectivity index (χ2n) is 9.29. The average Bonchev–Trinajstić information content (AvgIpc) is 2.74. The van der Waals surface area contributed by atoms with Gasteiger partial charge in [-0.15, -0.1) is 0 Å². The van der Waals surface area contributed by atoms with Crippen molar-refractivity contribution in [1.82, 2.24) is 15.3 Å². The van der Waals surface area contributed by atoms with Crippen LogP contribution in [0.3, 0.4) is 0 Å². The van der Waals surface area contributed by atoms with Crippen LogP contribution in [-0.2, 0) is 4.74 Å². The Morgan fingerprint density at radius 1 is 1.00 bits per heavy atom. The molecule has 3 heterocycles. The van der Waals surface area contributed by atoms with E-state index in [0.29, 0.717) is 28.9 Å². The first kappa shape index (κ1) is 21.6. The number of anilines is 3. The molecule has 2 unspecified atom stereocenters. The minimum atomic E-state index is 0.462. The summed E-state index contributed by atoms with van der Waals surface area (Å²) in [7, 11) is 0. The van der Waals surface area contributed by atoms with E-state index >= 15 is 0 Å². The largest absolute Gasteiger partial charge is 0.378 e. The van der Waals surface area contributed by atoms with Crippen molar-refractivity contribution in [3.63, 3.8) is 0 Å². The van der Waals surface area contributed by atoms with Crippen LogP contribution in [0.4, 0.5) is 17.6 Å². The molecule has 1 saturated carbocycles. The monoisotopic (exact) mass is 432 g/mol. The summed E-state index contributed by atoms with van der Waals surface area (Å²) in [6.07, 6.45) is 7.53. The minimum absolute atomic E-state index is 0.462. The predicted octanol–water partition coefficient (Wildman–Crippen LogP) is 3.41. The lowest BCUT2D eigenvalue weighted by Crippen LogP contribution is -2.41. The van der Waals surface area contributed by atoms with Crippen molar-refractivity contribution in [2.75, 3.05) is 54.5 Å². The third-order valence-electron chi connectivity index (χ3n) is 6.39. The zero-order valence-corrected chi connectivity index (χ0v) is 19.2. The smallest absolute Gasteiger partial charge is 0.232 e. The van der Waals surface area contributed by atoms with Gasteiger partial charge in [-0.1, -0.05) is 33.1 Å². The maximum absolute atomic E-state index is 5.60. The number of nitrogens with zero attached hydrogens (tertiary/aromatic N) is 4. The van der Waals surface area contributed by atoms with Crippen molar-refractivity contribution in [3.05, 3.63) is 6.07 Å². The highest BCUT2D eigenvalue weighted by atomic mass is 32.1. The Hall–Kier alpha value is -1.67. The van der Waals surface area contributed by atoms with Gasteiger partial charge in [-0.05, 0) is 43.3 Å². The van der Waals surface area contributed by atoms with Gasteiger partial charge in [-0.2, -0.15) is 9.97 Å². The summed E-state index contributed by atoms with van der Waals surface area (Å²) in [5, 5.41) is 7.39. The molecule has 7 nitrogen and oxygen atoms in total. The van der Waals surface area contributed by atoms with Gasteiger partial charge in [0.1, 0.15) is 11.6 Å². The van der Waals surface area contributed by atoms with E-state index in [9.17, 15) is 0 Å². The SMILES string of the molecule is CC1CC(C)CN(c2cc(N3CCOCC3)nc(NC(=S)NC3CCCCC3)n2)C1. The first-order valence-electron chi connectivity index (χ1n) is 11.6. The predicted molar refractivity (Wildman–Crippen MR) is 126 cm³/mol. The van der Waals surface area contributed by atoms with Crippen LogP contribution < -0.4 is 20.4 Å². The molecule has 8 heteroatoms. The van der Waals surface area contributed by atoms with Crippen LogP contribution in [-0.4, -0.2) is 60.5 Å². The van der Waals surface area contributed by atoms with Crippen LogP contribution in [0, 0.1) is 11.8 Å². The minimum Gasteiger partial charge on any atom is -0.378 e. The van der Waals surface area contributed by atoms with Gasteiger partial charge in [-0.3, -0.25) is 0 Å². The fraction of sp³-hybridized carbons (Fsp3) is 0.773. The maximum Gasteiger partial charge on any atom is 0.232 e. The fourth-order valence-corrected chi connectivity index (χ4v) is 5.27. The van der Waals surface area contributed by atoms with Gasteiger partial charge in [0.15, 0.2) is 5.11 Å². The van der Waals surface area contributed by atoms with E-state index in [1.54, 1.807) is 0 Å². The molecule has 1 aromatic heterocycles. The van der Waals surface area contributed by atoms with Crippen LogP contribution >= 0.6 is 12.2 Å². The molecule has 0 radical (unpaired) electrons. The second kappa shape index (κ2) is 10.1. The fourth-order valence-electron chi connectivity index (χ4n) is 5.01. The molecule has 2 N–H and O–H groups in total. The van der Waals surface area contributed by atoms with Gasteiger partial charge in [0.05, 0.1) is 13.2 Å². The summed E-state index contributed by atoms with van der Waals surface area (Å²) in [4.78, 5) is 14.4. The Kier molecular flexibility index (Phi) is 7.25. The quantitative estimate of drug-likeness (QED) is 0.702. The van der Waals surface area contributed by atoms with E-state index < -0.39 is 0 Å². The maximum atomic E-state index is 5.60. The first-order chi connectivity index (χ1) is 14.6. The highest BCUT2D eigenvalue weighted by Crippen LogP contribution is 2.28. The average molecular weight is 433 g/mol. The van der Waals surface area contributed by atoms with Crippen molar-refractivity contribution in [2.45, 2.75) is 58.4 Å². The lowest BCUT2D eigenvalue weighted by atomic mass is 9.92. The molecule has 0 aromatic carbocycles.